The molecule has 1 saturated heterocycles. The van der Waals surface area contributed by atoms with E-state index in [0.717, 1.165) is 26.4 Å². The normalized spacial score (nSPS) is 14.8. The van der Waals surface area contributed by atoms with Crippen LogP contribution in [0.1, 0.15) is 38.8 Å². The van der Waals surface area contributed by atoms with Gasteiger partial charge in [0.25, 0.3) is 0 Å². The van der Waals surface area contributed by atoms with Gasteiger partial charge in [0.1, 0.15) is 14.3 Å². The quantitative estimate of drug-likeness (QED) is 0.126. The number of halogens is 1. The molecule has 0 radical (unpaired) electrons. The van der Waals surface area contributed by atoms with Crippen molar-refractivity contribution in [1.29, 1.82) is 10.5 Å². The lowest BCUT2D eigenvalue weighted by Gasteiger charge is -2.32. The van der Waals surface area contributed by atoms with Crippen molar-refractivity contribution in [2.24, 2.45) is 0 Å². The average Bonchev–Trinajstić information content (AvgIpc) is 3.24. The number of nitrogens with two attached hydrogens (primary N) is 2. The van der Waals surface area contributed by atoms with Crippen molar-refractivity contribution in [2.45, 2.75) is 38.9 Å². The molecule has 0 atom stereocenters. The van der Waals surface area contributed by atoms with E-state index in [1.807, 2.05) is 88.4 Å². The highest BCUT2D eigenvalue weighted by Gasteiger charge is 2.52. The fourth-order valence-electron chi connectivity index (χ4n) is 4.77. The Bertz CT molecular complexity index is 1960. The highest BCUT2D eigenvalue weighted by atomic mass is 79.9. The number of nitrogens with zero attached hydrogens (tertiary/aromatic N) is 2. The van der Waals surface area contributed by atoms with Crippen molar-refractivity contribution in [3.8, 4) is 23.3 Å². The second-order valence-electron chi connectivity index (χ2n) is 13.1. The molecular weight excluding hydrogens is 705 g/mol. The van der Waals surface area contributed by atoms with Crippen molar-refractivity contribution in [1.82, 2.24) is 0 Å². The van der Waals surface area contributed by atoms with Crippen molar-refractivity contribution < 1.29 is 18.4 Å². The van der Waals surface area contributed by atoms with Gasteiger partial charge in [-0.25, -0.2) is 0 Å². The molecule has 0 aliphatic carbocycles. The summed E-state index contributed by atoms with van der Waals surface area (Å²) in [5.41, 5.74) is 15.7. The molecule has 1 aliphatic heterocycles. The first kappa shape index (κ1) is 38.8. The van der Waals surface area contributed by atoms with Crippen LogP contribution in [0.5, 0.6) is 0 Å². The van der Waals surface area contributed by atoms with Crippen LogP contribution in [0.25, 0.3) is 11.1 Å². The Kier molecular flexibility index (Phi) is 12.4. The molecule has 1 aliphatic rings. The summed E-state index contributed by atoms with van der Waals surface area (Å²) in [7, 11) is -5.13. The van der Waals surface area contributed by atoms with E-state index >= 15 is 0 Å². The van der Waals surface area contributed by atoms with Crippen LogP contribution in [0.15, 0.2) is 89.4 Å². The van der Waals surface area contributed by atoms with Gasteiger partial charge >= 0.3 is 7.12 Å². The summed E-state index contributed by atoms with van der Waals surface area (Å²) < 4.78 is 36.7. The van der Waals surface area contributed by atoms with E-state index in [2.05, 4.69) is 28.1 Å². The van der Waals surface area contributed by atoms with Gasteiger partial charge in [0.05, 0.1) is 34.5 Å². The predicted molar refractivity (Wildman–Crippen MR) is 205 cm³/mol. The molecule has 0 amide bonds. The molecular formula is C36H42BBrN4O4P2. The molecule has 250 valence electrons. The zero-order valence-corrected chi connectivity index (χ0v) is 32.0. The van der Waals surface area contributed by atoms with Gasteiger partial charge in [0.15, 0.2) is 0 Å². The first-order valence-corrected chi connectivity index (χ1v) is 21.1. The molecule has 0 spiro atoms. The van der Waals surface area contributed by atoms with Crippen LogP contribution in [0.3, 0.4) is 0 Å². The Labute approximate surface area is 293 Å². The van der Waals surface area contributed by atoms with Gasteiger partial charge in [-0.15, -0.1) is 0 Å². The van der Waals surface area contributed by atoms with E-state index in [0.29, 0.717) is 27.8 Å². The number of hydrogen-bond acceptors (Lipinski definition) is 8. The van der Waals surface area contributed by atoms with Crippen LogP contribution in [-0.4, -0.2) is 45.0 Å². The number of benzene rings is 4. The number of rotatable bonds is 4. The van der Waals surface area contributed by atoms with E-state index in [1.54, 1.807) is 50.9 Å². The SMILES string of the molecule is CC1(C)OB(c2ccccc2C#N)OC1(C)C.CP(C)(=O)c1cc(-c2ccccc2C#N)ccc1N.CP(C)(=O)c1cc(Br)ccc1N. The number of nitrogen functional groups attached to an aromatic ring is 2. The Morgan fingerprint density at radius 2 is 1.15 bits per heavy atom. The molecule has 0 unspecified atom stereocenters. The summed E-state index contributed by atoms with van der Waals surface area (Å²) in [5.74, 6) is 0. The second-order valence-corrected chi connectivity index (χ2v) is 20.4. The third-order valence-corrected chi connectivity index (χ3v) is 11.7. The number of hydrogen-bond donors (Lipinski definition) is 2. The fourth-order valence-corrected chi connectivity index (χ4v) is 7.60. The lowest BCUT2D eigenvalue weighted by Crippen LogP contribution is -2.41. The summed E-state index contributed by atoms with van der Waals surface area (Å²) in [6, 6.07) is 29.9. The molecule has 1 heterocycles. The van der Waals surface area contributed by atoms with Gasteiger partial charge in [-0.05, 0) is 108 Å². The third kappa shape index (κ3) is 9.51. The standard InChI is InChI=1S/C15H15N2OP.C13H16BNO2.C8H11BrNOP/c1-19(2,18)15-9-11(7-8-14(15)17)13-6-4-3-5-12(13)10-16;1-12(2)13(3,4)17-14(16-12)11-8-6-5-7-10(11)9-15;1-12(2,11)8-5-6(9)3-4-7(8)10/h3-9H,17H2,1-2H3;5-8H,1-4H3;3-5H,10H2,1-2H3. The van der Waals surface area contributed by atoms with Crippen LogP contribution in [0, 0.1) is 22.7 Å². The lowest BCUT2D eigenvalue weighted by atomic mass is 9.76. The van der Waals surface area contributed by atoms with E-state index in [-0.39, 0.29) is 11.2 Å². The zero-order chi connectivity index (χ0) is 36.1. The summed E-state index contributed by atoms with van der Waals surface area (Å²) in [4.78, 5) is 0. The summed E-state index contributed by atoms with van der Waals surface area (Å²) in [5, 5.41) is 19.6. The Hall–Kier alpha value is -3.62. The highest BCUT2D eigenvalue weighted by molar-refractivity contribution is 9.10. The van der Waals surface area contributed by atoms with E-state index < -0.39 is 21.4 Å². The van der Waals surface area contributed by atoms with Gasteiger partial charge in [-0.3, -0.25) is 0 Å². The van der Waals surface area contributed by atoms with E-state index in [1.165, 1.54) is 0 Å². The molecule has 0 bridgehead atoms. The maximum absolute atomic E-state index is 12.2. The number of anilines is 2. The third-order valence-electron chi connectivity index (χ3n) is 8.13. The molecule has 4 aromatic carbocycles. The topological polar surface area (TPSA) is 152 Å². The second kappa shape index (κ2) is 15.3. The Balaban J connectivity index is 0.000000200. The first-order valence-electron chi connectivity index (χ1n) is 15.1. The Morgan fingerprint density at radius 3 is 1.65 bits per heavy atom. The largest absolute Gasteiger partial charge is 0.496 e. The minimum absolute atomic E-state index is 0.375. The van der Waals surface area contributed by atoms with Crippen molar-refractivity contribution in [3.63, 3.8) is 0 Å². The van der Waals surface area contributed by atoms with Gasteiger partial charge in [-0.2, -0.15) is 10.5 Å². The van der Waals surface area contributed by atoms with Crippen LogP contribution in [0.2, 0.25) is 0 Å². The molecule has 8 nitrogen and oxygen atoms in total. The monoisotopic (exact) mass is 746 g/mol. The predicted octanol–water partition coefficient (Wildman–Crippen LogP) is 7.19. The van der Waals surface area contributed by atoms with Crippen LogP contribution < -0.4 is 27.5 Å². The minimum atomic E-state index is -2.43. The summed E-state index contributed by atoms with van der Waals surface area (Å²) in [6.07, 6.45) is 0. The van der Waals surface area contributed by atoms with E-state index in [4.69, 9.17) is 31.3 Å². The van der Waals surface area contributed by atoms with Crippen molar-refractivity contribution >= 4 is 64.8 Å². The number of nitriles is 2. The average molecular weight is 747 g/mol. The van der Waals surface area contributed by atoms with Gasteiger partial charge in [0, 0.05) is 31.9 Å². The summed E-state index contributed by atoms with van der Waals surface area (Å²) in [6.45, 7) is 14.8. The maximum Gasteiger partial charge on any atom is 0.496 e. The van der Waals surface area contributed by atoms with Gasteiger partial charge < -0.3 is 29.9 Å². The molecule has 12 heteroatoms. The molecule has 0 aromatic heterocycles. The molecule has 4 aromatic rings. The first-order chi connectivity index (χ1) is 22.2. The van der Waals surface area contributed by atoms with Crippen LogP contribution in [-0.2, 0) is 18.4 Å². The Morgan fingerprint density at radius 1 is 0.688 bits per heavy atom. The molecule has 5 rings (SSSR count). The molecule has 1 fully saturated rings. The van der Waals surface area contributed by atoms with Gasteiger partial charge in [-0.1, -0.05) is 58.4 Å². The maximum atomic E-state index is 12.2. The van der Waals surface area contributed by atoms with Crippen molar-refractivity contribution in [3.05, 3.63) is 101 Å². The lowest BCUT2D eigenvalue weighted by molar-refractivity contribution is 0.00578. The zero-order valence-electron chi connectivity index (χ0n) is 28.6. The summed E-state index contributed by atoms with van der Waals surface area (Å²) >= 11 is 3.31. The van der Waals surface area contributed by atoms with E-state index in [9.17, 15) is 9.13 Å². The van der Waals surface area contributed by atoms with Crippen LogP contribution in [0.4, 0.5) is 11.4 Å². The molecule has 0 saturated carbocycles. The minimum Gasteiger partial charge on any atom is -0.399 e. The highest BCUT2D eigenvalue weighted by Crippen LogP contribution is 2.39. The fraction of sp³-hybridized carbons (Fsp3) is 0.278. The molecule has 48 heavy (non-hydrogen) atoms. The van der Waals surface area contributed by atoms with Gasteiger partial charge in [0.2, 0.25) is 0 Å². The van der Waals surface area contributed by atoms with Crippen molar-refractivity contribution in [2.75, 3.05) is 38.1 Å². The molecule has 4 N–H and O–H groups in total. The smallest absolute Gasteiger partial charge is 0.399 e. The van der Waals surface area contributed by atoms with Crippen LogP contribution >= 0.6 is 30.2 Å².